The highest BCUT2D eigenvalue weighted by Gasteiger charge is 2.27. The SMILES string of the molecule is CCC(CC)CC(O)C(C)(C)CC. The summed E-state index contributed by atoms with van der Waals surface area (Å²) in [5, 5.41) is 10.0. The Morgan fingerprint density at radius 1 is 1.08 bits per heavy atom. The molecule has 0 radical (unpaired) electrons. The second-order valence-corrected chi connectivity index (χ2v) is 4.78. The Balaban J connectivity index is 4.04. The average molecular weight is 186 g/mol. The van der Waals surface area contributed by atoms with Crippen molar-refractivity contribution >= 4 is 0 Å². The monoisotopic (exact) mass is 186 g/mol. The Bertz CT molecular complexity index is 125. The lowest BCUT2D eigenvalue weighted by Gasteiger charge is -2.31. The Labute approximate surface area is 83.5 Å². The lowest BCUT2D eigenvalue weighted by Crippen LogP contribution is -2.30. The summed E-state index contributed by atoms with van der Waals surface area (Å²) in [6.45, 7) is 10.9. The summed E-state index contributed by atoms with van der Waals surface area (Å²) >= 11 is 0. The van der Waals surface area contributed by atoms with Crippen LogP contribution in [0.5, 0.6) is 0 Å². The normalized spacial score (nSPS) is 15.0. The standard InChI is InChI=1S/C12H26O/c1-6-10(7-2)9-11(13)12(4,5)8-3/h10-11,13H,6-9H2,1-5H3. The molecule has 0 amide bonds. The van der Waals surface area contributed by atoms with E-state index in [0.717, 1.165) is 12.8 Å². The van der Waals surface area contributed by atoms with Crippen molar-refractivity contribution in [1.29, 1.82) is 0 Å². The van der Waals surface area contributed by atoms with Crippen LogP contribution in [0.15, 0.2) is 0 Å². The van der Waals surface area contributed by atoms with Crippen LogP contribution >= 0.6 is 0 Å². The van der Waals surface area contributed by atoms with Gasteiger partial charge in [0.2, 0.25) is 0 Å². The van der Waals surface area contributed by atoms with Gasteiger partial charge in [-0.15, -0.1) is 0 Å². The van der Waals surface area contributed by atoms with E-state index in [1.165, 1.54) is 12.8 Å². The van der Waals surface area contributed by atoms with Gasteiger partial charge in [0.05, 0.1) is 6.10 Å². The summed E-state index contributed by atoms with van der Waals surface area (Å²) in [4.78, 5) is 0. The largest absolute Gasteiger partial charge is 0.393 e. The second-order valence-electron chi connectivity index (χ2n) is 4.78. The minimum Gasteiger partial charge on any atom is -0.393 e. The molecule has 0 aromatic carbocycles. The van der Waals surface area contributed by atoms with E-state index in [1.807, 2.05) is 0 Å². The van der Waals surface area contributed by atoms with Crippen LogP contribution in [-0.2, 0) is 0 Å². The molecule has 0 aliphatic heterocycles. The Hall–Kier alpha value is -0.0400. The van der Waals surface area contributed by atoms with Crippen LogP contribution in [0.4, 0.5) is 0 Å². The summed E-state index contributed by atoms with van der Waals surface area (Å²) in [6.07, 6.45) is 4.26. The van der Waals surface area contributed by atoms with E-state index in [9.17, 15) is 5.11 Å². The maximum absolute atomic E-state index is 10.0. The summed E-state index contributed by atoms with van der Waals surface area (Å²) in [5.74, 6) is 0.695. The molecule has 13 heavy (non-hydrogen) atoms. The molecular weight excluding hydrogens is 160 g/mol. The second kappa shape index (κ2) is 5.64. The van der Waals surface area contributed by atoms with Gasteiger partial charge in [-0.3, -0.25) is 0 Å². The van der Waals surface area contributed by atoms with Gasteiger partial charge >= 0.3 is 0 Å². The fraction of sp³-hybridized carbons (Fsp3) is 1.00. The first-order valence-electron chi connectivity index (χ1n) is 5.65. The summed E-state index contributed by atoms with van der Waals surface area (Å²) in [6, 6.07) is 0. The molecule has 1 heteroatoms. The molecule has 1 unspecified atom stereocenters. The van der Waals surface area contributed by atoms with Crippen molar-refractivity contribution in [3.63, 3.8) is 0 Å². The smallest absolute Gasteiger partial charge is 0.0593 e. The zero-order valence-electron chi connectivity index (χ0n) is 9.93. The topological polar surface area (TPSA) is 20.2 Å². The number of hydrogen-bond acceptors (Lipinski definition) is 1. The van der Waals surface area contributed by atoms with Crippen LogP contribution in [0, 0.1) is 11.3 Å². The lowest BCUT2D eigenvalue weighted by molar-refractivity contribution is 0.0260. The van der Waals surface area contributed by atoms with E-state index >= 15 is 0 Å². The van der Waals surface area contributed by atoms with Crippen LogP contribution in [0.1, 0.15) is 60.3 Å². The van der Waals surface area contributed by atoms with Gasteiger partial charge in [0.15, 0.2) is 0 Å². The van der Waals surface area contributed by atoms with Crippen molar-refractivity contribution in [2.24, 2.45) is 11.3 Å². The van der Waals surface area contributed by atoms with E-state index in [2.05, 4.69) is 34.6 Å². The third-order valence-corrected chi connectivity index (χ3v) is 3.52. The molecule has 0 heterocycles. The zero-order chi connectivity index (χ0) is 10.5. The van der Waals surface area contributed by atoms with E-state index < -0.39 is 0 Å². The van der Waals surface area contributed by atoms with Crippen molar-refractivity contribution in [3.8, 4) is 0 Å². The van der Waals surface area contributed by atoms with Crippen LogP contribution in [0.25, 0.3) is 0 Å². The van der Waals surface area contributed by atoms with Crippen molar-refractivity contribution in [3.05, 3.63) is 0 Å². The van der Waals surface area contributed by atoms with Crippen LogP contribution < -0.4 is 0 Å². The van der Waals surface area contributed by atoms with Gasteiger partial charge in [0.1, 0.15) is 0 Å². The third kappa shape index (κ3) is 4.12. The molecule has 0 aliphatic rings. The molecule has 80 valence electrons. The summed E-state index contributed by atoms with van der Waals surface area (Å²) in [7, 11) is 0. The fourth-order valence-corrected chi connectivity index (χ4v) is 1.49. The summed E-state index contributed by atoms with van der Waals surface area (Å²) in [5.41, 5.74) is 0.0859. The van der Waals surface area contributed by atoms with Crippen LogP contribution in [-0.4, -0.2) is 11.2 Å². The number of aliphatic hydroxyl groups is 1. The molecule has 0 bridgehead atoms. The molecule has 1 nitrogen and oxygen atoms in total. The Morgan fingerprint density at radius 2 is 1.54 bits per heavy atom. The predicted molar refractivity (Wildman–Crippen MR) is 58.8 cm³/mol. The van der Waals surface area contributed by atoms with E-state index in [4.69, 9.17) is 0 Å². The highest BCUT2D eigenvalue weighted by Crippen LogP contribution is 2.30. The van der Waals surface area contributed by atoms with Crippen molar-refractivity contribution < 1.29 is 5.11 Å². The first-order valence-corrected chi connectivity index (χ1v) is 5.65. The minimum atomic E-state index is -0.137. The summed E-state index contributed by atoms with van der Waals surface area (Å²) < 4.78 is 0. The Morgan fingerprint density at radius 3 is 1.85 bits per heavy atom. The molecular formula is C12H26O. The van der Waals surface area contributed by atoms with Gasteiger partial charge < -0.3 is 5.11 Å². The maximum atomic E-state index is 10.0. The van der Waals surface area contributed by atoms with E-state index in [1.54, 1.807) is 0 Å². The molecule has 0 aliphatic carbocycles. The number of rotatable bonds is 6. The van der Waals surface area contributed by atoms with E-state index in [0.29, 0.717) is 5.92 Å². The maximum Gasteiger partial charge on any atom is 0.0593 e. The number of aliphatic hydroxyl groups excluding tert-OH is 1. The van der Waals surface area contributed by atoms with Gasteiger partial charge in [0, 0.05) is 0 Å². The molecule has 1 atom stereocenters. The first-order chi connectivity index (χ1) is 5.97. The third-order valence-electron chi connectivity index (χ3n) is 3.52. The molecule has 0 aromatic heterocycles. The zero-order valence-corrected chi connectivity index (χ0v) is 9.93. The molecule has 0 spiro atoms. The molecule has 0 saturated heterocycles. The fourth-order valence-electron chi connectivity index (χ4n) is 1.49. The highest BCUT2D eigenvalue weighted by atomic mass is 16.3. The van der Waals surface area contributed by atoms with Gasteiger partial charge in [-0.25, -0.2) is 0 Å². The van der Waals surface area contributed by atoms with Crippen molar-refractivity contribution in [2.75, 3.05) is 0 Å². The molecule has 0 rings (SSSR count). The average Bonchev–Trinajstić information content (AvgIpc) is 2.13. The van der Waals surface area contributed by atoms with Crippen molar-refractivity contribution in [2.45, 2.75) is 66.4 Å². The van der Waals surface area contributed by atoms with Gasteiger partial charge in [-0.2, -0.15) is 0 Å². The highest BCUT2D eigenvalue weighted by molar-refractivity contribution is 4.78. The molecule has 0 aromatic rings. The van der Waals surface area contributed by atoms with Gasteiger partial charge in [0.25, 0.3) is 0 Å². The molecule has 0 fully saturated rings. The van der Waals surface area contributed by atoms with E-state index in [-0.39, 0.29) is 11.5 Å². The Kier molecular flexibility index (Phi) is 5.62. The predicted octanol–water partition coefficient (Wildman–Crippen LogP) is 3.61. The minimum absolute atomic E-state index is 0.0859. The first kappa shape index (κ1) is 13.0. The molecule has 1 N–H and O–H groups in total. The van der Waals surface area contributed by atoms with Crippen LogP contribution in [0.3, 0.4) is 0 Å². The van der Waals surface area contributed by atoms with Crippen molar-refractivity contribution in [1.82, 2.24) is 0 Å². The quantitative estimate of drug-likeness (QED) is 0.672. The van der Waals surface area contributed by atoms with Crippen LogP contribution in [0.2, 0.25) is 0 Å². The lowest BCUT2D eigenvalue weighted by atomic mass is 9.79. The van der Waals surface area contributed by atoms with Gasteiger partial charge in [-0.1, -0.05) is 47.5 Å². The molecule has 0 saturated carbocycles. The number of hydrogen-bond donors (Lipinski definition) is 1. The van der Waals surface area contributed by atoms with Gasteiger partial charge in [-0.05, 0) is 24.2 Å².